The van der Waals surface area contributed by atoms with E-state index in [4.69, 9.17) is 11.5 Å². The summed E-state index contributed by atoms with van der Waals surface area (Å²) in [7, 11) is 0. The van der Waals surface area contributed by atoms with Gasteiger partial charge in [0.2, 0.25) is 0 Å². The summed E-state index contributed by atoms with van der Waals surface area (Å²) in [5.74, 6) is 0. The second kappa shape index (κ2) is 19.9. The van der Waals surface area contributed by atoms with E-state index in [-0.39, 0.29) is 5.41 Å². The Morgan fingerprint density at radius 3 is 1.97 bits per heavy atom. The van der Waals surface area contributed by atoms with Crippen molar-refractivity contribution in [2.45, 2.75) is 53.9 Å². The summed E-state index contributed by atoms with van der Waals surface area (Å²) in [5.41, 5.74) is 30.3. The van der Waals surface area contributed by atoms with Crippen LogP contribution in [0.3, 0.4) is 0 Å². The van der Waals surface area contributed by atoms with Gasteiger partial charge in [0.05, 0.1) is 17.7 Å². The average Bonchev–Trinajstić information content (AvgIpc) is 3.73. The van der Waals surface area contributed by atoms with E-state index in [9.17, 15) is 0 Å². The van der Waals surface area contributed by atoms with Crippen molar-refractivity contribution in [1.82, 2.24) is 4.57 Å². The van der Waals surface area contributed by atoms with Crippen LogP contribution in [0.15, 0.2) is 194 Å². The lowest BCUT2D eigenvalue weighted by molar-refractivity contribution is 0.660. The fourth-order valence-electron chi connectivity index (χ4n) is 8.11. The maximum Gasteiger partial charge on any atom is 0.0628 e. The van der Waals surface area contributed by atoms with Crippen molar-refractivity contribution in [3.05, 3.63) is 211 Å². The third-order valence-electron chi connectivity index (χ3n) is 11.0. The van der Waals surface area contributed by atoms with Crippen LogP contribution in [0.1, 0.15) is 58.2 Å². The zero-order valence-electron chi connectivity index (χ0n) is 36.8. The number of para-hydroxylation sites is 3. The standard InChI is InChI=1S/C31H26N4.C16H16.C8H12.C2H6/c32-20-34-29-16-14-21(18-26(29)24-10-4-6-12-28(24)33)22-15-17-31-27(19-22)25-11-5-7-13-30(25)35(31)23-8-2-1-3-9-23;1-11-8-9-13-12-6-4-5-7-14(12)16(2,3)15(13)10-11;1-4-5-6-7-8(2)3;1-2/h1-19,34H,20,32-33H2;4-10H,1-3H3;4-7H,1H2,2-3H3;1-2H3/b;;6-5-;. The fourth-order valence-corrected chi connectivity index (χ4v) is 8.11. The number of aromatic nitrogens is 1. The summed E-state index contributed by atoms with van der Waals surface area (Å²) >= 11 is 0. The molecule has 9 rings (SSSR count). The van der Waals surface area contributed by atoms with Crippen LogP contribution in [0.5, 0.6) is 0 Å². The molecule has 0 radical (unpaired) electrons. The van der Waals surface area contributed by atoms with Crippen LogP contribution in [-0.4, -0.2) is 11.2 Å². The number of nitrogens with zero attached hydrogens (tertiary/aromatic N) is 1. The Morgan fingerprint density at radius 2 is 1.25 bits per heavy atom. The first-order valence-electron chi connectivity index (χ1n) is 21.3. The fraction of sp³-hybridized carbons (Fsp3) is 0.158. The highest BCUT2D eigenvalue weighted by molar-refractivity contribution is 6.10. The first-order chi connectivity index (χ1) is 29.6. The van der Waals surface area contributed by atoms with Crippen LogP contribution in [0, 0.1) is 6.92 Å². The molecule has 1 aliphatic carbocycles. The number of nitrogens with two attached hydrogens (primary N) is 2. The molecular formula is C57H60N4. The normalized spacial score (nSPS) is 11.9. The van der Waals surface area contributed by atoms with E-state index < -0.39 is 0 Å². The third-order valence-corrected chi connectivity index (χ3v) is 11.0. The lowest BCUT2D eigenvalue weighted by atomic mass is 9.82. The molecule has 0 spiro atoms. The molecule has 5 N–H and O–H groups in total. The van der Waals surface area contributed by atoms with Crippen molar-refractivity contribution in [2.24, 2.45) is 5.73 Å². The Labute approximate surface area is 363 Å². The molecule has 0 saturated carbocycles. The molecule has 8 aromatic rings. The lowest BCUT2D eigenvalue weighted by Crippen LogP contribution is -2.14. The molecule has 0 fully saturated rings. The Morgan fingerprint density at radius 1 is 0.623 bits per heavy atom. The summed E-state index contributed by atoms with van der Waals surface area (Å²) in [4.78, 5) is 0. The topological polar surface area (TPSA) is 69.0 Å². The van der Waals surface area contributed by atoms with Crippen molar-refractivity contribution < 1.29 is 0 Å². The Kier molecular flexibility index (Phi) is 14.3. The van der Waals surface area contributed by atoms with Crippen LogP contribution in [0.2, 0.25) is 0 Å². The van der Waals surface area contributed by atoms with Gasteiger partial charge in [-0.2, -0.15) is 0 Å². The number of benzene rings is 7. The molecule has 0 unspecified atom stereocenters. The second-order valence-electron chi connectivity index (χ2n) is 15.7. The van der Waals surface area contributed by atoms with Crippen LogP contribution < -0.4 is 16.8 Å². The van der Waals surface area contributed by atoms with Crippen molar-refractivity contribution in [1.29, 1.82) is 0 Å². The van der Waals surface area contributed by atoms with Gasteiger partial charge in [0.1, 0.15) is 0 Å². The average molecular weight is 801 g/mol. The van der Waals surface area contributed by atoms with Gasteiger partial charge in [-0.05, 0) is 103 Å². The predicted octanol–water partition coefficient (Wildman–Crippen LogP) is 15.1. The summed E-state index contributed by atoms with van der Waals surface area (Å²) in [6.07, 6.45) is 7.69. The van der Waals surface area contributed by atoms with Crippen LogP contribution in [0.25, 0.3) is 60.9 Å². The number of nitrogen functional groups attached to an aromatic ring is 1. The van der Waals surface area contributed by atoms with E-state index in [0.29, 0.717) is 6.67 Å². The summed E-state index contributed by atoms with van der Waals surface area (Å²) in [6, 6.07) is 55.7. The van der Waals surface area contributed by atoms with E-state index in [1.807, 2.05) is 56.3 Å². The van der Waals surface area contributed by atoms with Gasteiger partial charge in [-0.15, -0.1) is 0 Å². The Balaban J connectivity index is 0.000000197. The zero-order valence-corrected chi connectivity index (χ0v) is 36.8. The minimum Gasteiger partial charge on any atom is -0.398 e. The molecule has 0 saturated heterocycles. The minimum absolute atomic E-state index is 0.151. The van der Waals surface area contributed by atoms with Crippen molar-refractivity contribution in [3.8, 4) is 39.1 Å². The third kappa shape index (κ3) is 9.46. The van der Waals surface area contributed by atoms with Crippen LogP contribution in [-0.2, 0) is 5.41 Å². The van der Waals surface area contributed by atoms with E-state index in [1.165, 1.54) is 55.2 Å². The number of fused-ring (bicyclic) bond motifs is 6. The molecule has 0 amide bonds. The molecule has 1 heterocycles. The van der Waals surface area contributed by atoms with Crippen LogP contribution >= 0.6 is 0 Å². The van der Waals surface area contributed by atoms with Crippen molar-refractivity contribution in [3.63, 3.8) is 0 Å². The Hall–Kier alpha value is -6.88. The number of hydrogen-bond donors (Lipinski definition) is 3. The molecule has 0 atom stereocenters. The number of aryl methyl sites for hydroxylation is 1. The quantitative estimate of drug-likeness (QED) is 0.0854. The SMILES string of the molecule is C=C/C=C\C=C(C)C.CC.Cc1ccc2c(c1)C(C)(C)c1ccccc1-2.NCNc1ccc(-c2ccc3c(c2)c2ccccc2n3-c2ccccc2)cc1-c1ccccc1N. The highest BCUT2D eigenvalue weighted by atomic mass is 15.0. The maximum absolute atomic E-state index is 6.34. The number of rotatable bonds is 7. The molecule has 4 nitrogen and oxygen atoms in total. The summed E-state index contributed by atoms with van der Waals surface area (Å²) < 4.78 is 2.33. The van der Waals surface area contributed by atoms with Gasteiger partial charge in [-0.1, -0.05) is 179 Å². The van der Waals surface area contributed by atoms with E-state index in [2.05, 4.69) is 185 Å². The van der Waals surface area contributed by atoms with Crippen molar-refractivity contribution in [2.75, 3.05) is 17.7 Å². The highest BCUT2D eigenvalue weighted by Gasteiger charge is 2.34. The van der Waals surface area contributed by atoms with E-state index in [0.717, 1.165) is 39.3 Å². The van der Waals surface area contributed by atoms with E-state index >= 15 is 0 Å². The van der Waals surface area contributed by atoms with Crippen LogP contribution in [0.4, 0.5) is 11.4 Å². The molecule has 1 aromatic heterocycles. The summed E-state index contributed by atoms with van der Waals surface area (Å²) in [6.45, 7) is 18.8. The molecule has 7 aromatic carbocycles. The predicted molar refractivity (Wildman–Crippen MR) is 268 cm³/mol. The van der Waals surface area contributed by atoms with Gasteiger partial charge >= 0.3 is 0 Å². The number of hydrogen-bond acceptors (Lipinski definition) is 3. The van der Waals surface area contributed by atoms with Gasteiger partial charge in [0.15, 0.2) is 0 Å². The highest BCUT2D eigenvalue weighted by Crippen LogP contribution is 2.48. The van der Waals surface area contributed by atoms with Gasteiger partial charge in [-0.3, -0.25) is 0 Å². The number of nitrogens with one attached hydrogen (secondary N) is 1. The van der Waals surface area contributed by atoms with Crippen molar-refractivity contribution >= 4 is 33.2 Å². The molecule has 308 valence electrons. The molecule has 0 aliphatic heterocycles. The first kappa shape index (κ1) is 43.7. The first-order valence-corrected chi connectivity index (χ1v) is 21.3. The number of anilines is 2. The number of allylic oxidation sites excluding steroid dienone is 5. The molecule has 61 heavy (non-hydrogen) atoms. The zero-order chi connectivity index (χ0) is 43.5. The maximum atomic E-state index is 6.34. The molecular weight excluding hydrogens is 741 g/mol. The lowest BCUT2D eigenvalue weighted by Gasteiger charge is -2.21. The smallest absolute Gasteiger partial charge is 0.0628 e. The van der Waals surface area contributed by atoms with Gasteiger partial charge in [0.25, 0.3) is 0 Å². The van der Waals surface area contributed by atoms with E-state index in [1.54, 1.807) is 6.08 Å². The van der Waals surface area contributed by atoms with Gasteiger partial charge < -0.3 is 21.4 Å². The Bertz CT molecular complexity index is 2810. The minimum atomic E-state index is 0.151. The second-order valence-corrected chi connectivity index (χ2v) is 15.7. The largest absolute Gasteiger partial charge is 0.398 e. The summed E-state index contributed by atoms with van der Waals surface area (Å²) in [5, 5.41) is 5.74. The molecule has 4 heteroatoms. The monoisotopic (exact) mass is 800 g/mol. The molecule has 0 bridgehead atoms. The molecule has 1 aliphatic rings. The van der Waals surface area contributed by atoms with Gasteiger partial charge in [-0.25, -0.2) is 0 Å². The van der Waals surface area contributed by atoms with Gasteiger partial charge in [0, 0.05) is 44.4 Å².